The summed E-state index contributed by atoms with van der Waals surface area (Å²) in [5, 5.41) is 11.4. The first-order chi connectivity index (χ1) is 14.7. The van der Waals surface area contributed by atoms with E-state index >= 15 is 0 Å². The molecular weight excluding hydrogens is 396 g/mol. The minimum absolute atomic E-state index is 0.00994. The van der Waals surface area contributed by atoms with Crippen LogP contribution in [0.4, 0.5) is 0 Å². The standard InChI is InChI=1S/C22H32N6O3/c1-22(2,15-26(3)4)14-23-20(30)16-9-11-27(12-10-16)19(29)13-28-21(31)17-7-5-6-8-18(17)24-25-28/h5-8,16H,9-15H2,1-4H3,(H,23,30). The number of carbonyl (C=O) groups excluding carboxylic acids is 2. The second kappa shape index (κ2) is 9.55. The topological polar surface area (TPSA) is 100 Å². The molecule has 0 radical (unpaired) electrons. The van der Waals surface area contributed by atoms with Gasteiger partial charge >= 0.3 is 0 Å². The van der Waals surface area contributed by atoms with Crippen LogP contribution in [-0.2, 0) is 16.1 Å². The monoisotopic (exact) mass is 428 g/mol. The minimum atomic E-state index is -0.325. The highest BCUT2D eigenvalue weighted by Gasteiger charge is 2.29. The number of rotatable bonds is 7. The minimum Gasteiger partial charge on any atom is -0.355 e. The molecular formula is C22H32N6O3. The van der Waals surface area contributed by atoms with Crippen molar-refractivity contribution < 1.29 is 9.59 Å². The molecule has 9 nitrogen and oxygen atoms in total. The van der Waals surface area contributed by atoms with Crippen LogP contribution in [0.2, 0.25) is 0 Å². The fourth-order valence-electron chi connectivity index (χ4n) is 4.13. The average molecular weight is 429 g/mol. The molecule has 1 N–H and O–H groups in total. The Morgan fingerprint density at radius 2 is 1.87 bits per heavy atom. The van der Waals surface area contributed by atoms with E-state index in [0.717, 1.165) is 11.2 Å². The second-order valence-electron chi connectivity index (χ2n) is 9.34. The van der Waals surface area contributed by atoms with E-state index in [0.29, 0.717) is 43.4 Å². The number of nitrogens with one attached hydrogen (secondary N) is 1. The van der Waals surface area contributed by atoms with Crippen molar-refractivity contribution in [2.45, 2.75) is 33.2 Å². The first-order valence-electron chi connectivity index (χ1n) is 10.7. The number of hydrogen-bond acceptors (Lipinski definition) is 6. The molecule has 0 unspecified atom stereocenters. The van der Waals surface area contributed by atoms with Crippen molar-refractivity contribution in [1.29, 1.82) is 0 Å². The number of nitrogens with zero attached hydrogens (tertiary/aromatic N) is 5. The summed E-state index contributed by atoms with van der Waals surface area (Å²) in [6.07, 6.45) is 1.23. The van der Waals surface area contributed by atoms with Gasteiger partial charge in [-0.05, 0) is 44.5 Å². The van der Waals surface area contributed by atoms with Crippen LogP contribution >= 0.6 is 0 Å². The van der Waals surface area contributed by atoms with Crippen molar-refractivity contribution in [3.8, 4) is 0 Å². The Morgan fingerprint density at radius 1 is 1.19 bits per heavy atom. The second-order valence-corrected chi connectivity index (χ2v) is 9.34. The largest absolute Gasteiger partial charge is 0.355 e. The highest BCUT2D eigenvalue weighted by molar-refractivity contribution is 5.80. The van der Waals surface area contributed by atoms with Crippen LogP contribution in [0, 0.1) is 11.3 Å². The molecule has 1 fully saturated rings. The lowest BCUT2D eigenvalue weighted by atomic mass is 9.91. The van der Waals surface area contributed by atoms with Crippen molar-refractivity contribution in [2.75, 3.05) is 40.3 Å². The molecule has 0 aliphatic carbocycles. The maximum Gasteiger partial charge on any atom is 0.278 e. The summed E-state index contributed by atoms with van der Waals surface area (Å²) in [7, 11) is 4.04. The van der Waals surface area contributed by atoms with Crippen LogP contribution in [0.25, 0.3) is 10.9 Å². The molecule has 1 aliphatic heterocycles. The molecule has 0 bridgehead atoms. The van der Waals surface area contributed by atoms with E-state index in [9.17, 15) is 14.4 Å². The Hall–Kier alpha value is -2.81. The molecule has 31 heavy (non-hydrogen) atoms. The zero-order valence-electron chi connectivity index (χ0n) is 18.8. The summed E-state index contributed by atoms with van der Waals surface area (Å²) in [5.41, 5.74) is 0.176. The third-order valence-corrected chi connectivity index (χ3v) is 5.62. The average Bonchev–Trinajstić information content (AvgIpc) is 2.73. The van der Waals surface area contributed by atoms with E-state index in [1.807, 2.05) is 14.1 Å². The molecule has 168 valence electrons. The van der Waals surface area contributed by atoms with Gasteiger partial charge < -0.3 is 15.1 Å². The van der Waals surface area contributed by atoms with Crippen molar-refractivity contribution in [1.82, 2.24) is 30.1 Å². The molecule has 1 saturated heterocycles. The van der Waals surface area contributed by atoms with Gasteiger partial charge in [0.15, 0.2) is 0 Å². The van der Waals surface area contributed by atoms with E-state index in [1.54, 1.807) is 29.2 Å². The molecule has 9 heteroatoms. The van der Waals surface area contributed by atoms with Gasteiger partial charge in [-0.25, -0.2) is 4.68 Å². The van der Waals surface area contributed by atoms with Gasteiger partial charge in [0.1, 0.15) is 12.1 Å². The third-order valence-electron chi connectivity index (χ3n) is 5.62. The zero-order chi connectivity index (χ0) is 22.6. The van der Waals surface area contributed by atoms with Gasteiger partial charge in [0.05, 0.1) is 5.39 Å². The highest BCUT2D eigenvalue weighted by atomic mass is 16.2. The van der Waals surface area contributed by atoms with Crippen LogP contribution in [0.5, 0.6) is 0 Å². The van der Waals surface area contributed by atoms with Crippen molar-refractivity contribution >= 4 is 22.7 Å². The number of carbonyl (C=O) groups is 2. The fourth-order valence-corrected chi connectivity index (χ4v) is 4.13. The van der Waals surface area contributed by atoms with E-state index in [1.165, 1.54) is 0 Å². The number of hydrogen-bond donors (Lipinski definition) is 1. The quantitative estimate of drug-likeness (QED) is 0.698. The maximum absolute atomic E-state index is 12.7. The third kappa shape index (κ3) is 5.88. The van der Waals surface area contributed by atoms with Gasteiger partial charge in [-0.15, -0.1) is 5.10 Å². The summed E-state index contributed by atoms with van der Waals surface area (Å²) in [6.45, 7) is 6.61. The molecule has 3 rings (SSSR count). The Bertz CT molecular complexity index is 992. The van der Waals surface area contributed by atoms with Crippen molar-refractivity contribution in [2.24, 2.45) is 11.3 Å². The summed E-state index contributed by atoms with van der Waals surface area (Å²) < 4.78 is 1.11. The highest BCUT2D eigenvalue weighted by Crippen LogP contribution is 2.19. The molecule has 1 aromatic carbocycles. The molecule has 0 saturated carbocycles. The lowest BCUT2D eigenvalue weighted by molar-refractivity contribution is -0.136. The van der Waals surface area contributed by atoms with Gasteiger partial charge in [-0.1, -0.05) is 31.2 Å². The molecule has 0 atom stereocenters. The molecule has 1 aromatic heterocycles. The van der Waals surface area contributed by atoms with Crippen LogP contribution in [0.3, 0.4) is 0 Å². The summed E-state index contributed by atoms with van der Waals surface area (Å²) >= 11 is 0. The van der Waals surface area contributed by atoms with Gasteiger partial charge in [0, 0.05) is 32.1 Å². The van der Waals surface area contributed by atoms with E-state index < -0.39 is 0 Å². The predicted molar refractivity (Wildman–Crippen MR) is 118 cm³/mol. The first kappa shape index (κ1) is 22.9. The summed E-state index contributed by atoms with van der Waals surface area (Å²) in [6, 6.07) is 6.94. The van der Waals surface area contributed by atoms with E-state index in [4.69, 9.17) is 0 Å². The lowest BCUT2D eigenvalue weighted by Gasteiger charge is -2.33. The molecule has 2 aromatic rings. The zero-order valence-corrected chi connectivity index (χ0v) is 18.8. The Kier molecular flexibility index (Phi) is 7.04. The van der Waals surface area contributed by atoms with Crippen LogP contribution in [0.1, 0.15) is 26.7 Å². The molecule has 2 heterocycles. The van der Waals surface area contributed by atoms with Gasteiger partial charge in [0.25, 0.3) is 5.56 Å². The molecule has 0 spiro atoms. The van der Waals surface area contributed by atoms with Crippen LogP contribution < -0.4 is 10.9 Å². The lowest BCUT2D eigenvalue weighted by Crippen LogP contribution is -2.47. The van der Waals surface area contributed by atoms with E-state index in [2.05, 4.69) is 34.4 Å². The molecule has 1 aliphatic rings. The van der Waals surface area contributed by atoms with Crippen molar-refractivity contribution in [3.63, 3.8) is 0 Å². The summed E-state index contributed by atoms with van der Waals surface area (Å²) in [5.74, 6) is -0.226. The summed E-state index contributed by atoms with van der Waals surface area (Å²) in [4.78, 5) is 41.6. The maximum atomic E-state index is 12.7. The number of amides is 2. The first-order valence-corrected chi connectivity index (χ1v) is 10.7. The number of aromatic nitrogens is 3. The Balaban J connectivity index is 1.51. The number of piperidine rings is 1. The number of benzene rings is 1. The SMILES string of the molecule is CN(C)CC(C)(C)CNC(=O)C1CCN(C(=O)Cn2nnc3ccccc3c2=O)CC1. The predicted octanol–water partition coefficient (Wildman–Crippen LogP) is 0.734. The normalized spacial score (nSPS) is 15.5. The number of likely N-dealkylation sites (tertiary alicyclic amines) is 1. The fraction of sp³-hybridized carbons (Fsp3) is 0.591. The van der Waals surface area contributed by atoms with E-state index in [-0.39, 0.29) is 35.3 Å². The van der Waals surface area contributed by atoms with Crippen molar-refractivity contribution in [3.05, 3.63) is 34.6 Å². The Labute approximate surface area is 182 Å². The smallest absolute Gasteiger partial charge is 0.278 e. The Morgan fingerprint density at radius 3 is 2.55 bits per heavy atom. The van der Waals surface area contributed by atoms with Crippen LogP contribution in [-0.4, -0.2) is 76.9 Å². The van der Waals surface area contributed by atoms with Gasteiger partial charge in [-0.3, -0.25) is 14.4 Å². The van der Waals surface area contributed by atoms with Gasteiger partial charge in [0.2, 0.25) is 11.8 Å². The molecule has 2 amide bonds. The van der Waals surface area contributed by atoms with Gasteiger partial charge in [-0.2, -0.15) is 0 Å². The van der Waals surface area contributed by atoms with Crippen LogP contribution in [0.15, 0.2) is 29.1 Å². The number of fused-ring (bicyclic) bond motifs is 1.